The van der Waals surface area contributed by atoms with E-state index in [-0.39, 0.29) is 6.61 Å². The van der Waals surface area contributed by atoms with Gasteiger partial charge < -0.3 is 15.2 Å². The number of nitrogens with one attached hydrogen (secondary N) is 1. The maximum atomic E-state index is 9.34. The molecule has 1 aromatic carbocycles. The summed E-state index contributed by atoms with van der Waals surface area (Å²) < 4.78 is 5.46. The van der Waals surface area contributed by atoms with E-state index in [1.54, 1.807) is 0 Å². The SMILES string of the molecule is CCOc1ccc(NC(C)CC(C)C)cc1CO. The van der Waals surface area contributed by atoms with Crippen LogP contribution < -0.4 is 10.1 Å². The molecule has 0 radical (unpaired) electrons. The molecular weight excluding hydrogens is 226 g/mol. The Balaban J connectivity index is 2.72. The van der Waals surface area contributed by atoms with Crippen molar-refractivity contribution in [1.82, 2.24) is 0 Å². The highest BCUT2D eigenvalue weighted by Crippen LogP contribution is 2.24. The molecule has 18 heavy (non-hydrogen) atoms. The van der Waals surface area contributed by atoms with E-state index in [2.05, 4.69) is 26.1 Å². The lowest BCUT2D eigenvalue weighted by atomic mass is 10.0. The van der Waals surface area contributed by atoms with Gasteiger partial charge in [-0.15, -0.1) is 0 Å². The van der Waals surface area contributed by atoms with Crippen molar-refractivity contribution in [3.63, 3.8) is 0 Å². The van der Waals surface area contributed by atoms with Crippen molar-refractivity contribution in [3.05, 3.63) is 23.8 Å². The van der Waals surface area contributed by atoms with Gasteiger partial charge in [-0.05, 0) is 44.4 Å². The smallest absolute Gasteiger partial charge is 0.124 e. The topological polar surface area (TPSA) is 41.5 Å². The number of rotatable bonds is 7. The molecule has 0 aliphatic carbocycles. The monoisotopic (exact) mass is 251 g/mol. The zero-order chi connectivity index (χ0) is 13.5. The summed E-state index contributed by atoms with van der Waals surface area (Å²) in [5, 5.41) is 12.8. The van der Waals surface area contributed by atoms with Crippen molar-refractivity contribution in [2.45, 2.75) is 46.8 Å². The predicted octanol–water partition coefficient (Wildman–Crippen LogP) is 3.42. The number of benzene rings is 1. The van der Waals surface area contributed by atoms with E-state index in [4.69, 9.17) is 4.74 Å². The van der Waals surface area contributed by atoms with Crippen molar-refractivity contribution in [2.24, 2.45) is 5.92 Å². The van der Waals surface area contributed by atoms with Gasteiger partial charge in [0.1, 0.15) is 5.75 Å². The number of hydrogen-bond donors (Lipinski definition) is 2. The van der Waals surface area contributed by atoms with Crippen LogP contribution in [0.3, 0.4) is 0 Å². The zero-order valence-electron chi connectivity index (χ0n) is 11.9. The molecule has 0 aromatic heterocycles. The summed E-state index contributed by atoms with van der Waals surface area (Å²) in [6.07, 6.45) is 1.13. The average Bonchev–Trinajstić information content (AvgIpc) is 2.30. The van der Waals surface area contributed by atoms with Crippen LogP contribution in [-0.4, -0.2) is 17.8 Å². The average molecular weight is 251 g/mol. The molecule has 0 amide bonds. The van der Waals surface area contributed by atoms with Crippen molar-refractivity contribution in [3.8, 4) is 5.75 Å². The van der Waals surface area contributed by atoms with Gasteiger partial charge >= 0.3 is 0 Å². The van der Waals surface area contributed by atoms with E-state index in [1.165, 1.54) is 0 Å². The van der Waals surface area contributed by atoms with Crippen LogP contribution in [0.2, 0.25) is 0 Å². The minimum absolute atomic E-state index is 0.00339. The molecule has 0 spiro atoms. The second kappa shape index (κ2) is 7.27. The Morgan fingerprint density at radius 2 is 2.00 bits per heavy atom. The normalized spacial score (nSPS) is 12.6. The fraction of sp³-hybridized carbons (Fsp3) is 0.600. The van der Waals surface area contributed by atoms with E-state index in [1.807, 2.05) is 25.1 Å². The molecule has 0 fully saturated rings. The van der Waals surface area contributed by atoms with Crippen molar-refractivity contribution < 1.29 is 9.84 Å². The van der Waals surface area contributed by atoms with Crippen LogP contribution in [0.4, 0.5) is 5.69 Å². The molecule has 1 atom stereocenters. The number of anilines is 1. The summed E-state index contributed by atoms with van der Waals surface area (Å²) in [5.41, 5.74) is 1.87. The summed E-state index contributed by atoms with van der Waals surface area (Å²) in [6, 6.07) is 6.30. The van der Waals surface area contributed by atoms with Gasteiger partial charge in [-0.25, -0.2) is 0 Å². The largest absolute Gasteiger partial charge is 0.494 e. The van der Waals surface area contributed by atoms with Gasteiger partial charge in [0.15, 0.2) is 0 Å². The summed E-state index contributed by atoms with van der Waals surface area (Å²) in [6.45, 7) is 9.17. The lowest BCUT2D eigenvalue weighted by Crippen LogP contribution is -2.17. The van der Waals surface area contributed by atoms with Crippen LogP contribution in [0.15, 0.2) is 18.2 Å². The van der Waals surface area contributed by atoms with E-state index in [9.17, 15) is 5.11 Å². The van der Waals surface area contributed by atoms with Gasteiger partial charge in [0.25, 0.3) is 0 Å². The molecule has 0 heterocycles. The molecule has 2 N–H and O–H groups in total. The van der Waals surface area contributed by atoms with Crippen LogP contribution >= 0.6 is 0 Å². The Morgan fingerprint density at radius 3 is 2.56 bits per heavy atom. The third-order valence-corrected chi connectivity index (χ3v) is 2.77. The quantitative estimate of drug-likeness (QED) is 0.780. The van der Waals surface area contributed by atoms with Crippen molar-refractivity contribution in [1.29, 1.82) is 0 Å². The molecule has 0 saturated heterocycles. The summed E-state index contributed by atoms with van der Waals surface area (Å²) in [7, 11) is 0. The molecule has 3 nitrogen and oxygen atoms in total. The van der Waals surface area contributed by atoms with Crippen molar-refractivity contribution >= 4 is 5.69 Å². The van der Waals surface area contributed by atoms with Gasteiger partial charge in [-0.3, -0.25) is 0 Å². The van der Waals surface area contributed by atoms with Crippen LogP contribution in [0.25, 0.3) is 0 Å². The molecule has 0 saturated carbocycles. The van der Waals surface area contributed by atoms with Gasteiger partial charge in [0.05, 0.1) is 13.2 Å². The first kappa shape index (κ1) is 14.8. The third-order valence-electron chi connectivity index (χ3n) is 2.77. The fourth-order valence-corrected chi connectivity index (χ4v) is 2.14. The van der Waals surface area contributed by atoms with E-state index >= 15 is 0 Å². The molecular formula is C15H25NO2. The number of aliphatic hydroxyl groups is 1. The lowest BCUT2D eigenvalue weighted by Gasteiger charge is -2.18. The number of aliphatic hydroxyl groups excluding tert-OH is 1. The molecule has 102 valence electrons. The molecule has 1 unspecified atom stereocenters. The van der Waals surface area contributed by atoms with E-state index < -0.39 is 0 Å². The van der Waals surface area contributed by atoms with Crippen LogP contribution in [0.1, 0.15) is 39.7 Å². The summed E-state index contributed by atoms with van der Waals surface area (Å²) >= 11 is 0. The van der Waals surface area contributed by atoms with Crippen LogP contribution in [-0.2, 0) is 6.61 Å². The first-order chi connectivity index (χ1) is 8.56. The van der Waals surface area contributed by atoms with Crippen LogP contribution in [0.5, 0.6) is 5.75 Å². The Kier molecular flexibility index (Phi) is 5.99. The number of hydrogen-bond acceptors (Lipinski definition) is 3. The highest BCUT2D eigenvalue weighted by Gasteiger charge is 2.08. The van der Waals surface area contributed by atoms with Gasteiger partial charge in [-0.1, -0.05) is 13.8 Å². The van der Waals surface area contributed by atoms with E-state index in [0.717, 1.165) is 23.4 Å². The predicted molar refractivity (Wildman–Crippen MR) is 76.1 cm³/mol. The maximum absolute atomic E-state index is 9.34. The van der Waals surface area contributed by atoms with Gasteiger partial charge in [0, 0.05) is 17.3 Å². The Bertz CT molecular complexity index is 364. The Hall–Kier alpha value is -1.22. The first-order valence-corrected chi connectivity index (χ1v) is 6.69. The fourth-order valence-electron chi connectivity index (χ4n) is 2.14. The van der Waals surface area contributed by atoms with Gasteiger partial charge in [0.2, 0.25) is 0 Å². The minimum Gasteiger partial charge on any atom is -0.494 e. The molecule has 3 heteroatoms. The summed E-state index contributed by atoms with van der Waals surface area (Å²) in [5.74, 6) is 1.44. The molecule has 1 rings (SSSR count). The molecule has 0 aliphatic heterocycles. The zero-order valence-corrected chi connectivity index (χ0v) is 11.9. The standard InChI is InChI=1S/C15H25NO2/c1-5-18-15-7-6-14(9-13(15)10-17)16-12(4)8-11(2)3/h6-7,9,11-12,16-17H,5,8,10H2,1-4H3. The molecule has 0 bridgehead atoms. The third kappa shape index (κ3) is 4.57. The highest BCUT2D eigenvalue weighted by atomic mass is 16.5. The lowest BCUT2D eigenvalue weighted by molar-refractivity contribution is 0.267. The maximum Gasteiger partial charge on any atom is 0.124 e. The van der Waals surface area contributed by atoms with Crippen molar-refractivity contribution in [2.75, 3.05) is 11.9 Å². The second-order valence-corrected chi connectivity index (χ2v) is 5.09. The second-order valence-electron chi connectivity index (χ2n) is 5.09. The highest BCUT2D eigenvalue weighted by molar-refractivity contribution is 5.51. The molecule has 1 aromatic rings. The van der Waals surface area contributed by atoms with Gasteiger partial charge in [-0.2, -0.15) is 0 Å². The van der Waals surface area contributed by atoms with Crippen LogP contribution in [0, 0.1) is 5.92 Å². The Labute approximate surface area is 110 Å². The Morgan fingerprint density at radius 1 is 1.28 bits per heavy atom. The number of ether oxygens (including phenoxy) is 1. The summed E-state index contributed by atoms with van der Waals surface area (Å²) in [4.78, 5) is 0. The molecule has 0 aliphatic rings. The first-order valence-electron chi connectivity index (χ1n) is 6.69. The van der Waals surface area contributed by atoms with E-state index in [0.29, 0.717) is 18.6 Å². The minimum atomic E-state index is 0.00339.